The van der Waals surface area contributed by atoms with Gasteiger partial charge in [0, 0.05) is 23.7 Å². The summed E-state index contributed by atoms with van der Waals surface area (Å²) in [5.74, 6) is 2.17. The second-order valence-electron chi connectivity index (χ2n) is 6.43. The van der Waals surface area contributed by atoms with Crippen LogP contribution in [0.3, 0.4) is 0 Å². The number of thioether (sulfide) groups is 1. The lowest BCUT2D eigenvalue weighted by Gasteiger charge is -2.09. The number of carbonyl (C=O) groups excluding carboxylic acids is 1. The zero-order valence-electron chi connectivity index (χ0n) is 16.0. The molecule has 0 aliphatic carbocycles. The Morgan fingerprint density at radius 1 is 1.17 bits per heavy atom. The maximum Gasteiger partial charge on any atom is 0.231 e. The minimum Gasteiger partial charge on any atom is -0.454 e. The average molecular weight is 465 g/mol. The number of amides is 1. The van der Waals surface area contributed by atoms with Crippen molar-refractivity contribution in [2.75, 3.05) is 12.5 Å². The van der Waals surface area contributed by atoms with E-state index >= 15 is 0 Å². The van der Waals surface area contributed by atoms with Crippen molar-refractivity contribution in [3.63, 3.8) is 0 Å². The van der Waals surface area contributed by atoms with Crippen LogP contribution in [0.15, 0.2) is 41.6 Å². The summed E-state index contributed by atoms with van der Waals surface area (Å²) in [4.78, 5) is 12.3. The van der Waals surface area contributed by atoms with Crippen molar-refractivity contribution < 1.29 is 14.3 Å². The van der Waals surface area contributed by atoms with Crippen molar-refractivity contribution in [3.8, 4) is 22.9 Å². The van der Waals surface area contributed by atoms with Crippen molar-refractivity contribution in [2.24, 2.45) is 0 Å². The molecular weight excluding hydrogens is 447 g/mol. The van der Waals surface area contributed by atoms with Gasteiger partial charge in [0.25, 0.3) is 0 Å². The van der Waals surface area contributed by atoms with Gasteiger partial charge in [-0.05, 0) is 42.8 Å². The molecule has 0 radical (unpaired) electrons. The van der Waals surface area contributed by atoms with Gasteiger partial charge in [-0.3, -0.25) is 4.79 Å². The molecule has 0 fully saturated rings. The fourth-order valence-corrected chi connectivity index (χ4v) is 4.31. The molecule has 1 aliphatic heterocycles. The van der Waals surface area contributed by atoms with Gasteiger partial charge in [-0.2, -0.15) is 0 Å². The second-order valence-corrected chi connectivity index (χ2v) is 8.21. The molecule has 1 aromatic heterocycles. The van der Waals surface area contributed by atoms with Gasteiger partial charge in [-0.15, -0.1) is 10.2 Å². The van der Waals surface area contributed by atoms with Crippen LogP contribution < -0.4 is 14.8 Å². The molecule has 10 heteroatoms. The van der Waals surface area contributed by atoms with Crippen LogP contribution in [0, 0.1) is 0 Å². The number of nitrogens with one attached hydrogen (secondary N) is 1. The summed E-state index contributed by atoms with van der Waals surface area (Å²) < 4.78 is 12.6. The van der Waals surface area contributed by atoms with E-state index in [1.807, 2.05) is 35.8 Å². The predicted octanol–water partition coefficient (Wildman–Crippen LogP) is 4.41. The first-order valence-corrected chi connectivity index (χ1v) is 11.0. The number of halogens is 2. The molecular formula is C20H18Cl2N4O3S. The van der Waals surface area contributed by atoms with Crippen LogP contribution in [0.25, 0.3) is 11.4 Å². The smallest absolute Gasteiger partial charge is 0.231 e. The van der Waals surface area contributed by atoms with Gasteiger partial charge in [0.2, 0.25) is 12.7 Å². The van der Waals surface area contributed by atoms with E-state index in [1.165, 1.54) is 11.8 Å². The van der Waals surface area contributed by atoms with Crippen molar-refractivity contribution in [1.82, 2.24) is 20.1 Å². The lowest BCUT2D eigenvalue weighted by atomic mass is 10.2. The van der Waals surface area contributed by atoms with E-state index in [4.69, 9.17) is 32.7 Å². The number of fused-ring (bicyclic) bond motifs is 1. The van der Waals surface area contributed by atoms with Gasteiger partial charge in [0.1, 0.15) is 0 Å². The molecule has 1 amide bonds. The van der Waals surface area contributed by atoms with Crippen molar-refractivity contribution in [3.05, 3.63) is 52.0 Å². The lowest BCUT2D eigenvalue weighted by molar-refractivity contribution is -0.118. The first-order valence-electron chi connectivity index (χ1n) is 9.21. The Labute approximate surface area is 187 Å². The summed E-state index contributed by atoms with van der Waals surface area (Å²) in [6, 6.07) is 10.8. The molecule has 1 aliphatic rings. The summed E-state index contributed by atoms with van der Waals surface area (Å²) in [5, 5.41) is 13.1. The monoisotopic (exact) mass is 464 g/mol. The van der Waals surface area contributed by atoms with Crippen LogP contribution >= 0.6 is 35.0 Å². The minimum absolute atomic E-state index is 0.102. The summed E-state index contributed by atoms with van der Waals surface area (Å²) in [6.07, 6.45) is 0. The fraction of sp³-hybridized carbons (Fsp3) is 0.250. The first-order chi connectivity index (χ1) is 14.5. The first kappa shape index (κ1) is 20.8. The Hall–Kier alpha value is -2.42. The molecule has 1 N–H and O–H groups in total. The predicted molar refractivity (Wildman–Crippen MR) is 116 cm³/mol. The second kappa shape index (κ2) is 9.16. The number of nitrogens with zero attached hydrogens (tertiary/aromatic N) is 3. The molecule has 2 heterocycles. The highest BCUT2D eigenvalue weighted by Crippen LogP contribution is 2.33. The maximum absolute atomic E-state index is 12.3. The third kappa shape index (κ3) is 4.50. The zero-order valence-corrected chi connectivity index (χ0v) is 18.4. The van der Waals surface area contributed by atoms with Crippen molar-refractivity contribution in [1.29, 1.82) is 0 Å². The largest absolute Gasteiger partial charge is 0.454 e. The third-order valence-corrected chi connectivity index (χ3v) is 5.98. The number of rotatable bonds is 7. The molecule has 2 aromatic carbocycles. The van der Waals surface area contributed by atoms with E-state index in [1.54, 1.807) is 12.1 Å². The molecule has 30 heavy (non-hydrogen) atoms. The highest BCUT2D eigenvalue weighted by Gasteiger charge is 2.17. The quantitative estimate of drug-likeness (QED) is 0.521. The van der Waals surface area contributed by atoms with E-state index < -0.39 is 0 Å². The molecule has 0 unspecified atom stereocenters. The molecule has 156 valence electrons. The molecule has 7 nitrogen and oxygen atoms in total. The Bertz CT molecular complexity index is 1090. The molecule has 3 aromatic rings. The van der Waals surface area contributed by atoms with E-state index in [2.05, 4.69) is 15.5 Å². The van der Waals surface area contributed by atoms with E-state index in [9.17, 15) is 4.79 Å². The van der Waals surface area contributed by atoms with Gasteiger partial charge in [0.05, 0.1) is 10.8 Å². The lowest BCUT2D eigenvalue weighted by Crippen LogP contribution is -2.24. The fourth-order valence-electron chi connectivity index (χ4n) is 2.98. The van der Waals surface area contributed by atoms with Gasteiger partial charge in [-0.1, -0.05) is 41.0 Å². The van der Waals surface area contributed by atoms with Gasteiger partial charge < -0.3 is 19.4 Å². The molecule has 0 saturated carbocycles. The van der Waals surface area contributed by atoms with Crippen molar-refractivity contribution >= 4 is 40.9 Å². The number of hydrogen-bond acceptors (Lipinski definition) is 6. The normalized spacial score (nSPS) is 12.2. The van der Waals surface area contributed by atoms with Crippen LogP contribution in [0.5, 0.6) is 11.5 Å². The standard InChI is InChI=1S/C20H18Cl2N4O3S/c1-2-26-19(14-5-4-13(21)8-15(14)22)24-25-20(26)30-10-18(27)23-9-12-3-6-16-17(7-12)29-11-28-16/h3-8H,2,9-11H2,1H3,(H,23,27). The molecule has 4 rings (SSSR count). The summed E-state index contributed by atoms with van der Waals surface area (Å²) in [5.41, 5.74) is 1.68. The number of benzene rings is 2. The number of hydrogen-bond donors (Lipinski definition) is 1. The summed E-state index contributed by atoms with van der Waals surface area (Å²) >= 11 is 13.6. The Balaban J connectivity index is 1.37. The summed E-state index contributed by atoms with van der Waals surface area (Å²) in [7, 11) is 0. The van der Waals surface area contributed by atoms with Gasteiger partial charge >= 0.3 is 0 Å². The SMILES string of the molecule is CCn1c(SCC(=O)NCc2ccc3c(c2)OCO3)nnc1-c1ccc(Cl)cc1Cl. The van der Waals surface area contributed by atoms with Crippen LogP contribution in [0.2, 0.25) is 10.0 Å². The van der Waals surface area contributed by atoms with Crippen LogP contribution in [-0.2, 0) is 17.9 Å². The Morgan fingerprint density at radius 2 is 2.00 bits per heavy atom. The minimum atomic E-state index is -0.102. The van der Waals surface area contributed by atoms with Gasteiger partial charge in [-0.25, -0.2) is 0 Å². The van der Waals surface area contributed by atoms with Crippen LogP contribution in [0.4, 0.5) is 0 Å². The number of carbonyl (C=O) groups is 1. The topological polar surface area (TPSA) is 78.3 Å². The van der Waals surface area contributed by atoms with E-state index in [0.717, 1.165) is 16.9 Å². The maximum atomic E-state index is 12.3. The van der Waals surface area contributed by atoms with Crippen molar-refractivity contribution in [2.45, 2.75) is 25.2 Å². The highest BCUT2D eigenvalue weighted by atomic mass is 35.5. The van der Waals surface area contributed by atoms with E-state index in [0.29, 0.717) is 39.9 Å². The molecule has 0 spiro atoms. The Morgan fingerprint density at radius 3 is 2.80 bits per heavy atom. The van der Waals surface area contributed by atoms with Gasteiger partial charge in [0.15, 0.2) is 22.5 Å². The third-order valence-electron chi connectivity index (χ3n) is 4.46. The number of ether oxygens (including phenoxy) is 2. The van der Waals surface area contributed by atoms with Crippen LogP contribution in [-0.4, -0.2) is 33.2 Å². The molecule has 0 bridgehead atoms. The molecule has 0 saturated heterocycles. The number of aromatic nitrogens is 3. The highest BCUT2D eigenvalue weighted by molar-refractivity contribution is 7.99. The van der Waals surface area contributed by atoms with Crippen LogP contribution in [0.1, 0.15) is 12.5 Å². The van der Waals surface area contributed by atoms with E-state index in [-0.39, 0.29) is 18.5 Å². The average Bonchev–Trinajstić information content (AvgIpc) is 3.36. The molecule has 0 atom stereocenters. The Kier molecular flexibility index (Phi) is 6.36. The summed E-state index contributed by atoms with van der Waals surface area (Å²) in [6.45, 7) is 3.26. The zero-order chi connectivity index (χ0) is 21.1.